The molecule has 11 heteroatoms. The third-order valence-corrected chi connectivity index (χ3v) is 6.51. The maximum Gasteiger partial charge on any atom is 0.237 e. The predicted octanol–water partition coefficient (Wildman–Crippen LogP) is -1.26. The standard InChI is InChI=1S/C18H34N2O6S.ClH.H2O/c1-5-6-10-7-11(20(3)8-10)17(25)19-12(9(2)21)16-14(23)13(22)15(24)18(26-16)27-4;;/h9-16,18,21-24H,5-8H2,1-4H3,(H,19,25);1H;1H2/t9-,10-,11+,12-,13+,14-,15-,16?,18-;;/m1../s1. The largest absolute Gasteiger partial charge is 0.412 e. The third kappa shape index (κ3) is 6.65. The summed E-state index contributed by atoms with van der Waals surface area (Å²) in [7, 11) is 1.91. The molecule has 0 bridgehead atoms. The Balaban J connectivity index is 0.00000392. The number of halogens is 1. The fourth-order valence-electron chi connectivity index (χ4n) is 4.13. The number of hydrogen-bond donors (Lipinski definition) is 5. The van der Waals surface area contributed by atoms with Gasteiger partial charge in [0.2, 0.25) is 5.91 Å². The highest BCUT2D eigenvalue weighted by atomic mass is 35.5. The highest BCUT2D eigenvalue weighted by Gasteiger charge is 2.48. The van der Waals surface area contributed by atoms with Crippen LogP contribution in [0.15, 0.2) is 0 Å². The van der Waals surface area contributed by atoms with Crippen LogP contribution in [0, 0.1) is 5.92 Å². The summed E-state index contributed by atoms with van der Waals surface area (Å²) < 4.78 is 5.72. The lowest BCUT2D eigenvalue weighted by atomic mass is 9.92. The number of carbonyl (C=O) groups excluding carboxylic acids is 1. The van der Waals surface area contributed by atoms with E-state index in [0.717, 1.165) is 25.8 Å². The van der Waals surface area contributed by atoms with E-state index >= 15 is 0 Å². The van der Waals surface area contributed by atoms with E-state index in [2.05, 4.69) is 12.2 Å². The van der Waals surface area contributed by atoms with E-state index in [9.17, 15) is 25.2 Å². The molecule has 2 heterocycles. The molecule has 0 aliphatic carbocycles. The molecular weight excluding hydrogens is 424 g/mol. The lowest BCUT2D eigenvalue weighted by molar-refractivity contribution is -0.211. The Kier molecular flexibility index (Phi) is 12.6. The summed E-state index contributed by atoms with van der Waals surface area (Å²) >= 11 is 1.20. The first-order chi connectivity index (χ1) is 12.7. The van der Waals surface area contributed by atoms with Gasteiger partial charge in [-0.25, -0.2) is 0 Å². The van der Waals surface area contributed by atoms with E-state index in [4.69, 9.17) is 4.74 Å². The Morgan fingerprint density at radius 2 is 1.90 bits per heavy atom. The second-order valence-corrected chi connectivity index (χ2v) is 8.73. The van der Waals surface area contributed by atoms with Crippen molar-refractivity contribution in [3.05, 3.63) is 0 Å². The molecule has 9 atom stereocenters. The van der Waals surface area contributed by atoms with Gasteiger partial charge in [0.05, 0.1) is 18.2 Å². The van der Waals surface area contributed by atoms with Crippen molar-refractivity contribution >= 4 is 30.1 Å². The molecule has 2 saturated heterocycles. The molecule has 0 aromatic carbocycles. The topological polar surface area (TPSA) is 154 Å². The summed E-state index contributed by atoms with van der Waals surface area (Å²) in [6.45, 7) is 4.48. The molecule has 0 aromatic rings. The average Bonchev–Trinajstić information content (AvgIpc) is 2.99. The summed E-state index contributed by atoms with van der Waals surface area (Å²) in [5.41, 5.74) is -0.755. The van der Waals surface area contributed by atoms with Gasteiger partial charge in [-0.15, -0.1) is 24.2 Å². The van der Waals surface area contributed by atoms with E-state index in [1.54, 1.807) is 6.26 Å². The van der Waals surface area contributed by atoms with Gasteiger partial charge in [0.25, 0.3) is 0 Å². The minimum Gasteiger partial charge on any atom is -0.412 e. The number of aliphatic hydroxyl groups is 4. The van der Waals surface area contributed by atoms with Gasteiger partial charge in [-0.3, -0.25) is 9.69 Å². The fraction of sp³-hybridized carbons (Fsp3) is 0.944. The van der Waals surface area contributed by atoms with E-state index < -0.39 is 42.0 Å². The third-order valence-electron chi connectivity index (χ3n) is 5.66. The fourth-order valence-corrected chi connectivity index (χ4v) is 4.81. The van der Waals surface area contributed by atoms with Crippen molar-refractivity contribution in [1.29, 1.82) is 0 Å². The van der Waals surface area contributed by atoms with Gasteiger partial charge in [-0.1, -0.05) is 13.3 Å². The predicted molar refractivity (Wildman–Crippen MR) is 114 cm³/mol. The highest BCUT2D eigenvalue weighted by Crippen LogP contribution is 2.30. The normalized spacial score (nSPS) is 37.2. The van der Waals surface area contributed by atoms with Crippen LogP contribution in [0.2, 0.25) is 0 Å². The van der Waals surface area contributed by atoms with Crippen LogP contribution in [0.25, 0.3) is 0 Å². The lowest BCUT2D eigenvalue weighted by Crippen LogP contribution is -2.65. The zero-order valence-corrected chi connectivity index (χ0v) is 19.0. The molecule has 174 valence electrons. The van der Waals surface area contributed by atoms with Gasteiger partial charge >= 0.3 is 0 Å². The monoisotopic (exact) mass is 460 g/mol. The molecular formula is C18H37ClN2O7S. The number of ether oxygens (including phenoxy) is 1. The van der Waals surface area contributed by atoms with Crippen molar-refractivity contribution in [3.8, 4) is 0 Å². The molecule has 0 aromatic heterocycles. The summed E-state index contributed by atoms with van der Waals surface area (Å²) in [5, 5.41) is 43.5. The summed E-state index contributed by atoms with van der Waals surface area (Å²) in [5.74, 6) is 0.245. The molecule has 2 fully saturated rings. The Morgan fingerprint density at radius 1 is 1.28 bits per heavy atom. The van der Waals surface area contributed by atoms with Crippen molar-refractivity contribution in [3.63, 3.8) is 0 Å². The smallest absolute Gasteiger partial charge is 0.237 e. The number of carbonyl (C=O) groups is 1. The number of hydrogen-bond acceptors (Lipinski definition) is 8. The minimum absolute atomic E-state index is 0. The number of aliphatic hydroxyl groups excluding tert-OH is 4. The number of thioether (sulfide) groups is 1. The summed E-state index contributed by atoms with van der Waals surface area (Å²) in [6, 6.07) is -1.20. The van der Waals surface area contributed by atoms with Crippen LogP contribution in [0.4, 0.5) is 0 Å². The van der Waals surface area contributed by atoms with Gasteiger partial charge in [-0.05, 0) is 39.0 Å². The molecule has 0 saturated carbocycles. The number of nitrogens with zero attached hydrogens (tertiary/aromatic N) is 1. The Bertz CT molecular complexity index is 503. The zero-order chi connectivity index (χ0) is 20.3. The molecule has 9 nitrogen and oxygen atoms in total. The molecule has 29 heavy (non-hydrogen) atoms. The number of rotatable bonds is 7. The zero-order valence-electron chi connectivity index (χ0n) is 17.4. The molecule has 1 amide bonds. The van der Waals surface area contributed by atoms with Crippen LogP contribution in [-0.4, -0.2) is 105 Å². The number of nitrogens with one attached hydrogen (secondary N) is 1. The average molecular weight is 461 g/mol. The van der Waals surface area contributed by atoms with Gasteiger partial charge in [0.1, 0.15) is 29.9 Å². The maximum atomic E-state index is 12.8. The van der Waals surface area contributed by atoms with Crippen molar-refractivity contribution < 1.29 is 35.4 Å². The SMILES string of the molecule is CCC[C@@H]1C[C@@H](C(=O)N[C@@H](C2O[C@H](SC)[C@H](O)[C@@H](O)[C@H]2O)[C@@H](C)O)N(C)C1.Cl.O. The Hall–Kier alpha value is -0.170. The van der Waals surface area contributed by atoms with Crippen LogP contribution in [0.3, 0.4) is 0 Å². The van der Waals surface area contributed by atoms with Gasteiger partial charge in [0, 0.05) is 6.54 Å². The van der Waals surface area contributed by atoms with Crippen LogP contribution in [-0.2, 0) is 9.53 Å². The molecule has 2 aliphatic rings. The second kappa shape index (κ2) is 12.6. The highest BCUT2D eigenvalue weighted by molar-refractivity contribution is 7.99. The van der Waals surface area contributed by atoms with Gasteiger partial charge < -0.3 is 36.0 Å². The Morgan fingerprint density at radius 3 is 2.41 bits per heavy atom. The molecule has 1 unspecified atom stereocenters. The Labute approximate surface area is 182 Å². The van der Waals surface area contributed by atoms with Crippen LogP contribution in [0.5, 0.6) is 0 Å². The molecule has 2 aliphatic heterocycles. The van der Waals surface area contributed by atoms with E-state index in [-0.39, 0.29) is 29.8 Å². The van der Waals surface area contributed by atoms with Gasteiger partial charge in [-0.2, -0.15) is 0 Å². The van der Waals surface area contributed by atoms with E-state index in [1.165, 1.54) is 18.7 Å². The number of amides is 1. The maximum absolute atomic E-state index is 12.8. The molecule has 0 spiro atoms. The molecule has 7 N–H and O–H groups in total. The molecule has 0 radical (unpaired) electrons. The lowest BCUT2D eigenvalue weighted by Gasteiger charge is -2.44. The van der Waals surface area contributed by atoms with Crippen LogP contribution < -0.4 is 5.32 Å². The summed E-state index contributed by atoms with van der Waals surface area (Å²) in [6.07, 6.45) is -1.50. The van der Waals surface area contributed by atoms with Crippen LogP contribution in [0.1, 0.15) is 33.1 Å². The van der Waals surface area contributed by atoms with Crippen molar-refractivity contribution in [2.75, 3.05) is 19.8 Å². The first-order valence-corrected chi connectivity index (χ1v) is 10.9. The number of likely N-dealkylation sites (tertiary alicyclic amines) is 1. The quantitative estimate of drug-likeness (QED) is 0.315. The van der Waals surface area contributed by atoms with E-state index in [0.29, 0.717) is 5.92 Å². The van der Waals surface area contributed by atoms with E-state index in [1.807, 2.05) is 11.9 Å². The van der Waals surface area contributed by atoms with Crippen molar-refractivity contribution in [2.45, 2.75) is 81.1 Å². The van der Waals surface area contributed by atoms with Crippen molar-refractivity contribution in [1.82, 2.24) is 10.2 Å². The summed E-state index contributed by atoms with van der Waals surface area (Å²) in [4.78, 5) is 14.9. The number of likely N-dealkylation sites (N-methyl/N-ethyl adjacent to an activating group) is 1. The van der Waals surface area contributed by atoms with Gasteiger partial charge in [0.15, 0.2) is 0 Å². The van der Waals surface area contributed by atoms with Crippen molar-refractivity contribution in [2.24, 2.45) is 5.92 Å². The van der Waals surface area contributed by atoms with Crippen LogP contribution >= 0.6 is 24.2 Å². The minimum atomic E-state index is -1.42. The first-order valence-electron chi connectivity index (χ1n) is 9.62. The molecule has 2 rings (SSSR count). The second-order valence-electron chi connectivity index (χ2n) is 7.80. The first kappa shape index (κ1) is 28.8.